The molecule has 2 amide bonds. The van der Waals surface area contributed by atoms with Gasteiger partial charge in [0, 0.05) is 24.6 Å². The first-order valence-electron chi connectivity index (χ1n) is 7.89. The van der Waals surface area contributed by atoms with Crippen molar-refractivity contribution in [3.8, 4) is 0 Å². The van der Waals surface area contributed by atoms with Gasteiger partial charge < -0.3 is 14.5 Å². The Balaban J connectivity index is 2.07. The van der Waals surface area contributed by atoms with Gasteiger partial charge in [0.2, 0.25) is 0 Å². The van der Waals surface area contributed by atoms with Crippen LogP contribution in [0.15, 0.2) is 16.6 Å². The molecular formula is C17H21BrClFN2O3. The van der Waals surface area contributed by atoms with Crippen LogP contribution in [0.3, 0.4) is 0 Å². The van der Waals surface area contributed by atoms with E-state index in [1.54, 1.807) is 32.7 Å². The average molecular weight is 436 g/mol. The van der Waals surface area contributed by atoms with E-state index >= 15 is 0 Å². The molecule has 1 aliphatic rings. The highest BCUT2D eigenvalue weighted by atomic mass is 79.9. The van der Waals surface area contributed by atoms with Crippen LogP contribution in [0, 0.1) is 5.82 Å². The molecule has 25 heavy (non-hydrogen) atoms. The van der Waals surface area contributed by atoms with E-state index in [4.69, 9.17) is 16.3 Å². The maximum atomic E-state index is 14.1. The standard InChI is InChI=1S/C17H21BrClFN2O3/c1-17(2,3)25-16(24)22-6-5-10(9-22)21(4)15(23)11-7-12(18)13(19)8-14(11)20/h7-8,10H,5-6,9H2,1-4H3/t10-/m0/s1. The molecule has 5 nitrogen and oxygen atoms in total. The molecule has 138 valence electrons. The molecule has 0 radical (unpaired) electrons. The molecule has 2 rings (SSSR count). The van der Waals surface area contributed by atoms with E-state index in [1.165, 1.54) is 11.0 Å². The van der Waals surface area contributed by atoms with Crippen molar-refractivity contribution in [2.75, 3.05) is 20.1 Å². The summed E-state index contributed by atoms with van der Waals surface area (Å²) in [5.41, 5.74) is -0.634. The monoisotopic (exact) mass is 434 g/mol. The van der Waals surface area contributed by atoms with E-state index in [2.05, 4.69) is 15.9 Å². The van der Waals surface area contributed by atoms with Gasteiger partial charge in [-0.1, -0.05) is 11.6 Å². The van der Waals surface area contributed by atoms with Gasteiger partial charge in [0.05, 0.1) is 16.6 Å². The second-order valence-electron chi connectivity index (χ2n) is 7.03. The molecule has 1 fully saturated rings. The van der Waals surface area contributed by atoms with Crippen molar-refractivity contribution < 1.29 is 18.7 Å². The number of ether oxygens (including phenoxy) is 1. The van der Waals surface area contributed by atoms with Crippen molar-refractivity contribution in [1.29, 1.82) is 0 Å². The van der Waals surface area contributed by atoms with Crippen LogP contribution in [0.4, 0.5) is 9.18 Å². The summed E-state index contributed by atoms with van der Waals surface area (Å²) >= 11 is 9.03. The van der Waals surface area contributed by atoms with Gasteiger partial charge in [0.25, 0.3) is 5.91 Å². The maximum absolute atomic E-state index is 14.1. The van der Waals surface area contributed by atoms with E-state index in [1.807, 2.05) is 0 Å². The predicted molar refractivity (Wildman–Crippen MR) is 97.4 cm³/mol. The fourth-order valence-corrected chi connectivity index (χ4v) is 3.09. The van der Waals surface area contributed by atoms with E-state index < -0.39 is 23.4 Å². The fraction of sp³-hybridized carbons (Fsp3) is 0.529. The lowest BCUT2D eigenvalue weighted by atomic mass is 10.1. The Morgan fingerprint density at radius 2 is 2.04 bits per heavy atom. The molecule has 1 aromatic rings. The Morgan fingerprint density at radius 1 is 1.40 bits per heavy atom. The molecule has 0 aliphatic carbocycles. The van der Waals surface area contributed by atoms with E-state index in [0.717, 1.165) is 6.07 Å². The lowest BCUT2D eigenvalue weighted by Gasteiger charge is -2.27. The van der Waals surface area contributed by atoms with Crippen molar-refractivity contribution >= 4 is 39.5 Å². The smallest absolute Gasteiger partial charge is 0.410 e. The minimum absolute atomic E-state index is 0.0607. The molecule has 0 N–H and O–H groups in total. The van der Waals surface area contributed by atoms with Gasteiger partial charge in [-0.25, -0.2) is 9.18 Å². The highest BCUT2D eigenvalue weighted by Crippen LogP contribution is 2.27. The van der Waals surface area contributed by atoms with Crippen LogP contribution in [0.25, 0.3) is 0 Å². The third kappa shape index (κ3) is 4.85. The number of carbonyl (C=O) groups is 2. The Kier molecular flexibility index (Phi) is 5.99. The highest BCUT2D eigenvalue weighted by Gasteiger charge is 2.34. The first kappa shape index (κ1) is 20.0. The van der Waals surface area contributed by atoms with Crippen LogP contribution in [0.1, 0.15) is 37.6 Å². The number of halogens is 3. The number of hydrogen-bond donors (Lipinski definition) is 0. The molecule has 0 aromatic heterocycles. The molecule has 0 bridgehead atoms. The number of nitrogens with zero attached hydrogens (tertiary/aromatic N) is 2. The SMILES string of the molecule is CN(C(=O)c1cc(Br)c(Cl)cc1F)[C@H]1CCN(C(=O)OC(C)(C)C)C1. The number of likely N-dealkylation sites (N-methyl/N-ethyl adjacent to an activating group) is 1. The Labute approximate surface area is 160 Å². The molecule has 1 saturated heterocycles. The predicted octanol–water partition coefficient (Wildman–Crippen LogP) is 4.32. The molecular weight excluding hydrogens is 415 g/mol. The molecule has 1 aromatic carbocycles. The molecule has 0 spiro atoms. The van der Waals surface area contributed by atoms with Crippen LogP contribution < -0.4 is 0 Å². The number of hydrogen-bond acceptors (Lipinski definition) is 3. The third-order valence-corrected chi connectivity index (χ3v) is 5.12. The van der Waals surface area contributed by atoms with Crippen molar-refractivity contribution in [3.63, 3.8) is 0 Å². The van der Waals surface area contributed by atoms with E-state index in [-0.39, 0.29) is 16.6 Å². The van der Waals surface area contributed by atoms with Crippen LogP contribution in [0.5, 0.6) is 0 Å². The highest BCUT2D eigenvalue weighted by molar-refractivity contribution is 9.10. The van der Waals surface area contributed by atoms with Crippen LogP contribution in [0.2, 0.25) is 5.02 Å². The number of rotatable bonds is 2. The van der Waals surface area contributed by atoms with Gasteiger partial charge in [-0.05, 0) is 55.3 Å². The minimum Gasteiger partial charge on any atom is -0.444 e. The normalized spacial score (nSPS) is 17.6. The Bertz CT molecular complexity index is 693. The number of carbonyl (C=O) groups excluding carboxylic acids is 2. The zero-order chi connectivity index (χ0) is 18.9. The topological polar surface area (TPSA) is 49.9 Å². The van der Waals surface area contributed by atoms with Gasteiger partial charge in [-0.3, -0.25) is 4.79 Å². The summed E-state index contributed by atoms with van der Waals surface area (Å²) in [6.45, 7) is 6.25. The van der Waals surface area contributed by atoms with Crippen molar-refractivity contribution in [1.82, 2.24) is 9.80 Å². The number of likely N-dealkylation sites (tertiary alicyclic amines) is 1. The van der Waals surface area contributed by atoms with Gasteiger partial charge in [-0.2, -0.15) is 0 Å². The fourth-order valence-electron chi connectivity index (χ4n) is 2.59. The summed E-state index contributed by atoms with van der Waals surface area (Å²) in [5.74, 6) is -1.13. The number of amides is 2. The Hall–Kier alpha value is -1.34. The van der Waals surface area contributed by atoms with Crippen molar-refractivity contribution in [3.05, 3.63) is 33.0 Å². The lowest BCUT2D eigenvalue weighted by Crippen LogP contribution is -2.41. The van der Waals surface area contributed by atoms with Crippen LogP contribution in [-0.2, 0) is 4.74 Å². The molecule has 1 aliphatic heterocycles. The second kappa shape index (κ2) is 7.50. The quantitative estimate of drug-likeness (QED) is 0.650. The van der Waals surface area contributed by atoms with E-state index in [9.17, 15) is 14.0 Å². The lowest BCUT2D eigenvalue weighted by molar-refractivity contribution is 0.0279. The summed E-state index contributed by atoms with van der Waals surface area (Å²) in [7, 11) is 1.60. The first-order valence-corrected chi connectivity index (χ1v) is 9.06. The third-order valence-electron chi connectivity index (χ3n) is 3.92. The molecule has 1 atom stereocenters. The Morgan fingerprint density at radius 3 is 2.64 bits per heavy atom. The molecule has 8 heteroatoms. The van der Waals surface area contributed by atoms with Crippen LogP contribution in [-0.4, -0.2) is 53.6 Å². The van der Waals surface area contributed by atoms with Gasteiger partial charge in [0.15, 0.2) is 0 Å². The summed E-state index contributed by atoms with van der Waals surface area (Å²) in [6.07, 6.45) is 0.203. The van der Waals surface area contributed by atoms with Gasteiger partial charge in [-0.15, -0.1) is 0 Å². The second-order valence-corrected chi connectivity index (χ2v) is 8.29. The summed E-state index contributed by atoms with van der Waals surface area (Å²) in [5, 5.41) is 0.202. The van der Waals surface area contributed by atoms with E-state index in [0.29, 0.717) is 24.0 Å². The zero-order valence-electron chi connectivity index (χ0n) is 14.6. The summed E-state index contributed by atoms with van der Waals surface area (Å²) in [6, 6.07) is 2.28. The van der Waals surface area contributed by atoms with Gasteiger partial charge >= 0.3 is 6.09 Å². The van der Waals surface area contributed by atoms with Crippen molar-refractivity contribution in [2.24, 2.45) is 0 Å². The van der Waals surface area contributed by atoms with Crippen molar-refractivity contribution in [2.45, 2.75) is 38.8 Å². The largest absolute Gasteiger partial charge is 0.444 e. The van der Waals surface area contributed by atoms with Crippen LogP contribution >= 0.6 is 27.5 Å². The minimum atomic E-state index is -0.674. The summed E-state index contributed by atoms with van der Waals surface area (Å²) in [4.78, 5) is 27.8. The average Bonchev–Trinajstić information content (AvgIpc) is 2.98. The van der Waals surface area contributed by atoms with Gasteiger partial charge in [0.1, 0.15) is 11.4 Å². The molecule has 0 saturated carbocycles. The number of benzene rings is 1. The maximum Gasteiger partial charge on any atom is 0.410 e. The molecule has 1 heterocycles. The summed E-state index contributed by atoms with van der Waals surface area (Å²) < 4.78 is 19.9. The zero-order valence-corrected chi connectivity index (χ0v) is 16.9. The first-order chi connectivity index (χ1) is 11.5. The molecule has 0 unspecified atom stereocenters.